The van der Waals surface area contributed by atoms with E-state index in [2.05, 4.69) is 5.32 Å². The number of hydrogen-bond acceptors (Lipinski definition) is 2. The van der Waals surface area contributed by atoms with Crippen LogP contribution in [0, 0.1) is 11.7 Å². The molecule has 0 bridgehead atoms. The summed E-state index contributed by atoms with van der Waals surface area (Å²) >= 11 is 5.79. The molecular formula is C17H24ClFN2O2. The highest BCUT2D eigenvalue weighted by molar-refractivity contribution is 6.30. The lowest BCUT2D eigenvalue weighted by molar-refractivity contribution is 0.133. The monoisotopic (exact) mass is 342 g/mol. The third kappa shape index (κ3) is 4.58. The maximum Gasteiger partial charge on any atom is 0.317 e. The van der Waals surface area contributed by atoms with Gasteiger partial charge in [-0.15, -0.1) is 0 Å². The minimum Gasteiger partial charge on any atom is -0.396 e. The van der Waals surface area contributed by atoms with Gasteiger partial charge in [-0.2, -0.15) is 0 Å². The van der Waals surface area contributed by atoms with Crippen LogP contribution in [-0.2, 0) is 0 Å². The van der Waals surface area contributed by atoms with Gasteiger partial charge in [0.25, 0.3) is 0 Å². The molecule has 1 saturated carbocycles. The number of aliphatic hydroxyl groups excluding tert-OH is 1. The van der Waals surface area contributed by atoms with E-state index in [-0.39, 0.29) is 29.7 Å². The van der Waals surface area contributed by atoms with Crippen LogP contribution in [0.1, 0.15) is 44.2 Å². The molecule has 23 heavy (non-hydrogen) atoms. The molecule has 1 unspecified atom stereocenters. The lowest BCUT2D eigenvalue weighted by Crippen LogP contribution is -2.45. The topological polar surface area (TPSA) is 52.6 Å². The predicted molar refractivity (Wildman–Crippen MR) is 89.0 cm³/mol. The lowest BCUT2D eigenvalue weighted by Gasteiger charge is -2.34. The molecule has 0 saturated heterocycles. The van der Waals surface area contributed by atoms with Crippen molar-refractivity contribution >= 4 is 17.6 Å². The summed E-state index contributed by atoms with van der Waals surface area (Å²) in [5.74, 6) is -0.102. The van der Waals surface area contributed by atoms with Crippen LogP contribution in [0.5, 0.6) is 0 Å². The van der Waals surface area contributed by atoms with Crippen LogP contribution in [-0.4, -0.2) is 35.7 Å². The number of aliphatic hydroxyl groups is 1. The zero-order chi connectivity index (χ0) is 17.0. The van der Waals surface area contributed by atoms with Gasteiger partial charge >= 0.3 is 6.03 Å². The van der Waals surface area contributed by atoms with Gasteiger partial charge in [0, 0.05) is 19.7 Å². The number of nitrogens with one attached hydrogen (secondary N) is 1. The van der Waals surface area contributed by atoms with Crippen LogP contribution in [0.25, 0.3) is 0 Å². The molecule has 0 aromatic heterocycles. The molecule has 128 valence electrons. The van der Waals surface area contributed by atoms with E-state index in [0.717, 1.165) is 31.2 Å². The highest BCUT2D eigenvalue weighted by Gasteiger charge is 2.26. The molecule has 2 N–H and O–H groups in total. The standard InChI is InChI=1S/C17H24ClFN2O2/c1-11(13-5-8-16(19)15(18)9-13)20-17(23)21(2)14-6-3-12(10-22)4-7-14/h5,8-9,11-12,14,22H,3-4,6-7,10H2,1-2H3,(H,20,23). The smallest absolute Gasteiger partial charge is 0.317 e. The average Bonchev–Trinajstić information content (AvgIpc) is 2.56. The Balaban J connectivity index is 1.91. The number of carbonyl (C=O) groups is 1. The van der Waals surface area contributed by atoms with Gasteiger partial charge < -0.3 is 15.3 Å². The first-order valence-corrected chi connectivity index (χ1v) is 8.39. The van der Waals surface area contributed by atoms with Crippen LogP contribution in [0.4, 0.5) is 9.18 Å². The van der Waals surface area contributed by atoms with E-state index >= 15 is 0 Å². The Morgan fingerprint density at radius 3 is 2.65 bits per heavy atom. The number of rotatable bonds is 4. The summed E-state index contributed by atoms with van der Waals surface area (Å²) in [4.78, 5) is 14.1. The lowest BCUT2D eigenvalue weighted by atomic mass is 9.86. The van der Waals surface area contributed by atoms with Crippen molar-refractivity contribution in [3.8, 4) is 0 Å². The van der Waals surface area contributed by atoms with Crippen LogP contribution in [0.2, 0.25) is 5.02 Å². The van der Waals surface area contributed by atoms with E-state index in [9.17, 15) is 14.3 Å². The molecule has 2 amide bonds. The minimum absolute atomic E-state index is 0.0549. The van der Waals surface area contributed by atoms with Crippen LogP contribution in [0.15, 0.2) is 18.2 Å². The Morgan fingerprint density at radius 2 is 2.09 bits per heavy atom. The van der Waals surface area contributed by atoms with Gasteiger partial charge in [0.2, 0.25) is 0 Å². The number of nitrogens with zero attached hydrogens (tertiary/aromatic N) is 1. The molecule has 0 spiro atoms. The number of urea groups is 1. The molecule has 1 aromatic carbocycles. The third-order valence-electron chi connectivity index (χ3n) is 4.73. The van der Waals surface area contributed by atoms with Gasteiger partial charge in [-0.25, -0.2) is 9.18 Å². The number of halogens is 2. The number of amides is 2. The van der Waals surface area contributed by atoms with Crippen LogP contribution in [0.3, 0.4) is 0 Å². The third-order valence-corrected chi connectivity index (χ3v) is 5.02. The number of benzene rings is 1. The van der Waals surface area contributed by atoms with Crippen molar-refractivity contribution < 1.29 is 14.3 Å². The Morgan fingerprint density at radius 1 is 1.43 bits per heavy atom. The Labute approximate surface area is 141 Å². The fourth-order valence-corrected chi connectivity index (χ4v) is 3.22. The molecule has 6 heteroatoms. The highest BCUT2D eigenvalue weighted by atomic mass is 35.5. The van der Waals surface area contributed by atoms with Crippen molar-refractivity contribution in [1.82, 2.24) is 10.2 Å². The first kappa shape index (κ1) is 18.0. The molecule has 2 rings (SSSR count). The Kier molecular flexibility index (Phi) is 6.25. The maximum atomic E-state index is 13.2. The van der Waals surface area contributed by atoms with E-state index in [1.807, 2.05) is 6.92 Å². The molecule has 1 aliphatic rings. The zero-order valence-electron chi connectivity index (χ0n) is 13.6. The fraction of sp³-hybridized carbons (Fsp3) is 0.588. The molecule has 1 aromatic rings. The van der Waals surface area contributed by atoms with Crippen molar-refractivity contribution in [1.29, 1.82) is 0 Å². The summed E-state index contributed by atoms with van der Waals surface area (Å²) in [6.07, 6.45) is 3.71. The normalized spacial score (nSPS) is 22.5. The molecule has 1 fully saturated rings. The van der Waals surface area contributed by atoms with Crippen molar-refractivity contribution in [2.45, 2.75) is 44.7 Å². The second kappa shape index (κ2) is 7.97. The van der Waals surface area contributed by atoms with E-state index in [0.29, 0.717) is 5.92 Å². The second-order valence-electron chi connectivity index (χ2n) is 6.31. The summed E-state index contributed by atoms with van der Waals surface area (Å²) < 4.78 is 13.2. The van der Waals surface area contributed by atoms with Gasteiger partial charge in [-0.3, -0.25) is 0 Å². The van der Waals surface area contributed by atoms with Crippen molar-refractivity contribution in [3.05, 3.63) is 34.6 Å². The fourth-order valence-electron chi connectivity index (χ4n) is 3.03. The van der Waals surface area contributed by atoms with Crippen molar-refractivity contribution in [2.75, 3.05) is 13.7 Å². The summed E-state index contributed by atoms with van der Waals surface area (Å²) in [6.45, 7) is 2.07. The first-order chi connectivity index (χ1) is 10.9. The van der Waals surface area contributed by atoms with E-state index in [4.69, 9.17) is 11.6 Å². The van der Waals surface area contributed by atoms with Gasteiger partial charge in [-0.05, 0) is 56.2 Å². The van der Waals surface area contributed by atoms with E-state index in [1.165, 1.54) is 12.1 Å². The number of hydrogen-bond donors (Lipinski definition) is 2. The average molecular weight is 343 g/mol. The van der Waals surface area contributed by atoms with E-state index in [1.54, 1.807) is 18.0 Å². The first-order valence-electron chi connectivity index (χ1n) is 8.01. The van der Waals surface area contributed by atoms with Crippen LogP contribution < -0.4 is 5.32 Å². The minimum atomic E-state index is -0.466. The maximum absolute atomic E-state index is 13.2. The molecule has 4 nitrogen and oxygen atoms in total. The van der Waals surface area contributed by atoms with Gasteiger partial charge in [0.05, 0.1) is 11.1 Å². The summed E-state index contributed by atoms with van der Waals surface area (Å²) in [5.41, 5.74) is 0.766. The SMILES string of the molecule is CC(NC(=O)N(C)C1CCC(CO)CC1)c1ccc(F)c(Cl)c1. The second-order valence-corrected chi connectivity index (χ2v) is 6.72. The summed E-state index contributed by atoms with van der Waals surface area (Å²) in [5, 5.41) is 12.2. The van der Waals surface area contributed by atoms with Crippen LogP contribution >= 0.6 is 11.6 Å². The molecular weight excluding hydrogens is 319 g/mol. The number of carbonyl (C=O) groups excluding carboxylic acids is 1. The molecule has 1 aliphatic carbocycles. The van der Waals surface area contributed by atoms with Gasteiger partial charge in [-0.1, -0.05) is 17.7 Å². The molecule has 0 aliphatic heterocycles. The zero-order valence-corrected chi connectivity index (χ0v) is 14.3. The largest absolute Gasteiger partial charge is 0.396 e. The molecule has 0 radical (unpaired) electrons. The van der Waals surface area contributed by atoms with Gasteiger partial charge in [0.1, 0.15) is 5.82 Å². The molecule has 1 atom stereocenters. The molecule has 0 heterocycles. The Hall–Kier alpha value is -1.33. The Bertz CT molecular complexity index is 547. The summed E-state index contributed by atoms with van der Waals surface area (Å²) in [6, 6.07) is 4.26. The quantitative estimate of drug-likeness (QED) is 0.876. The van der Waals surface area contributed by atoms with Gasteiger partial charge in [0.15, 0.2) is 0 Å². The highest BCUT2D eigenvalue weighted by Crippen LogP contribution is 2.27. The van der Waals surface area contributed by atoms with Crippen molar-refractivity contribution in [2.24, 2.45) is 5.92 Å². The summed E-state index contributed by atoms with van der Waals surface area (Å²) in [7, 11) is 1.80. The van der Waals surface area contributed by atoms with Crippen molar-refractivity contribution in [3.63, 3.8) is 0 Å². The van der Waals surface area contributed by atoms with E-state index < -0.39 is 5.82 Å². The predicted octanol–water partition coefficient (Wildman–Crippen LogP) is 3.73.